The SMILES string of the molecule is CC[NH+](CC)CCCN1C(=O)C(=O)C(=C([O-])c2ccc(OC(C)C)c(F)c2)C1c1ccc(C)cc1. The molecule has 1 atom stereocenters. The lowest BCUT2D eigenvalue weighted by Gasteiger charge is -2.28. The molecule has 1 aliphatic heterocycles. The summed E-state index contributed by atoms with van der Waals surface area (Å²) in [5.74, 6) is -2.80. The van der Waals surface area contributed by atoms with Crippen LogP contribution in [0.25, 0.3) is 5.76 Å². The number of halogens is 1. The van der Waals surface area contributed by atoms with Crippen LogP contribution in [0.1, 0.15) is 56.8 Å². The Balaban J connectivity index is 2.03. The summed E-state index contributed by atoms with van der Waals surface area (Å²) >= 11 is 0. The highest BCUT2D eigenvalue weighted by Crippen LogP contribution is 2.39. The molecule has 0 aromatic heterocycles. The van der Waals surface area contributed by atoms with E-state index in [0.717, 1.165) is 31.3 Å². The number of rotatable bonds is 10. The summed E-state index contributed by atoms with van der Waals surface area (Å²) in [7, 11) is 0. The molecule has 2 aromatic carbocycles. The second-order valence-corrected chi connectivity index (χ2v) is 9.26. The third kappa shape index (κ3) is 5.90. The van der Waals surface area contributed by atoms with Crippen molar-refractivity contribution in [3.63, 3.8) is 0 Å². The Morgan fingerprint density at radius 3 is 2.34 bits per heavy atom. The van der Waals surface area contributed by atoms with Gasteiger partial charge in [0.25, 0.3) is 5.91 Å². The van der Waals surface area contributed by atoms with E-state index in [4.69, 9.17) is 4.74 Å². The number of quaternary nitrogens is 1. The molecule has 1 heterocycles. The number of amides is 1. The maximum Gasteiger partial charge on any atom is 0.295 e. The van der Waals surface area contributed by atoms with Gasteiger partial charge in [0.15, 0.2) is 11.6 Å². The van der Waals surface area contributed by atoms with E-state index < -0.39 is 29.3 Å². The lowest BCUT2D eigenvalue weighted by Crippen LogP contribution is -3.11. The standard InChI is InChI=1S/C28H35FN2O4/c1-6-30(7-2)15-8-16-31-25(20-11-9-19(5)10-12-20)24(27(33)28(31)34)26(32)21-13-14-23(22(29)17-21)35-18(3)4/h9-14,17-18,25,32H,6-8,15-16H2,1-5H3. The molecule has 0 spiro atoms. The van der Waals surface area contributed by atoms with Gasteiger partial charge < -0.3 is 19.6 Å². The smallest absolute Gasteiger partial charge is 0.295 e. The van der Waals surface area contributed by atoms with Crippen LogP contribution in [-0.4, -0.2) is 48.9 Å². The lowest BCUT2D eigenvalue weighted by atomic mass is 9.94. The van der Waals surface area contributed by atoms with Crippen LogP contribution in [0.15, 0.2) is 48.0 Å². The van der Waals surface area contributed by atoms with Gasteiger partial charge in [0.2, 0.25) is 5.78 Å². The molecular formula is C28H35FN2O4. The molecule has 1 fully saturated rings. The molecule has 1 N–H and O–H groups in total. The van der Waals surface area contributed by atoms with E-state index in [-0.39, 0.29) is 23.0 Å². The first-order valence-corrected chi connectivity index (χ1v) is 12.3. The van der Waals surface area contributed by atoms with E-state index in [1.807, 2.05) is 31.2 Å². The molecule has 188 valence electrons. The molecule has 1 amide bonds. The molecular weight excluding hydrogens is 447 g/mol. The normalized spacial score (nSPS) is 17.6. The third-order valence-corrected chi connectivity index (χ3v) is 6.41. The molecule has 0 radical (unpaired) electrons. The maximum absolute atomic E-state index is 14.6. The minimum atomic E-state index is -0.821. The summed E-state index contributed by atoms with van der Waals surface area (Å²) in [6.07, 6.45) is 0.475. The van der Waals surface area contributed by atoms with Crippen LogP contribution in [0.5, 0.6) is 5.75 Å². The van der Waals surface area contributed by atoms with Crippen molar-refractivity contribution in [2.75, 3.05) is 26.2 Å². The molecule has 35 heavy (non-hydrogen) atoms. The van der Waals surface area contributed by atoms with Crippen molar-refractivity contribution < 1.29 is 28.7 Å². The Morgan fingerprint density at radius 1 is 1.11 bits per heavy atom. The highest BCUT2D eigenvalue weighted by Gasteiger charge is 2.44. The molecule has 3 rings (SSSR count). The predicted octanol–water partition coefficient (Wildman–Crippen LogP) is 2.46. The number of Topliss-reactive ketones (excluding diaryl/α,β-unsaturated/α-hetero) is 1. The lowest BCUT2D eigenvalue weighted by molar-refractivity contribution is -0.896. The Labute approximate surface area is 207 Å². The quantitative estimate of drug-likeness (QED) is 0.321. The second-order valence-electron chi connectivity index (χ2n) is 9.26. The second kappa shape index (κ2) is 11.5. The molecule has 1 aliphatic rings. The fraction of sp³-hybridized carbons (Fsp3) is 0.429. The van der Waals surface area contributed by atoms with E-state index in [1.165, 1.54) is 21.9 Å². The first kappa shape index (κ1) is 26.4. The number of likely N-dealkylation sites (tertiary alicyclic amines) is 1. The number of carbonyl (C=O) groups is 2. The van der Waals surface area contributed by atoms with Crippen molar-refractivity contribution in [2.45, 2.75) is 53.2 Å². The summed E-state index contributed by atoms with van der Waals surface area (Å²) in [5, 5.41) is 13.5. The monoisotopic (exact) mass is 482 g/mol. The molecule has 6 nitrogen and oxygen atoms in total. The molecule has 0 saturated carbocycles. The molecule has 1 unspecified atom stereocenters. The summed E-state index contributed by atoms with van der Waals surface area (Å²) < 4.78 is 20.1. The van der Waals surface area contributed by atoms with Crippen molar-refractivity contribution in [1.82, 2.24) is 4.90 Å². The van der Waals surface area contributed by atoms with Gasteiger partial charge in [-0.15, -0.1) is 0 Å². The minimum Gasteiger partial charge on any atom is -0.872 e. The number of carbonyl (C=O) groups excluding carboxylic acids is 2. The van der Waals surface area contributed by atoms with Gasteiger partial charge in [-0.05, 0) is 57.9 Å². The fourth-order valence-corrected chi connectivity index (χ4v) is 4.45. The first-order valence-electron chi connectivity index (χ1n) is 12.3. The van der Waals surface area contributed by atoms with Gasteiger partial charge in [-0.25, -0.2) is 4.39 Å². The number of nitrogens with one attached hydrogen (secondary N) is 1. The molecule has 1 saturated heterocycles. The van der Waals surface area contributed by atoms with E-state index in [1.54, 1.807) is 13.8 Å². The summed E-state index contributed by atoms with van der Waals surface area (Å²) in [4.78, 5) is 29.1. The van der Waals surface area contributed by atoms with Gasteiger partial charge >= 0.3 is 0 Å². The van der Waals surface area contributed by atoms with Crippen LogP contribution in [0, 0.1) is 12.7 Å². The zero-order valence-electron chi connectivity index (χ0n) is 21.2. The van der Waals surface area contributed by atoms with Crippen molar-refractivity contribution in [3.8, 4) is 5.75 Å². The number of aryl methyl sites for hydroxylation is 1. The number of nitrogens with zero attached hydrogens (tertiary/aromatic N) is 1. The van der Waals surface area contributed by atoms with Gasteiger partial charge in [0, 0.05) is 18.5 Å². The van der Waals surface area contributed by atoms with E-state index in [0.29, 0.717) is 18.5 Å². The van der Waals surface area contributed by atoms with Crippen molar-refractivity contribution in [2.24, 2.45) is 0 Å². The Hall–Kier alpha value is -3.19. The molecule has 7 heteroatoms. The van der Waals surface area contributed by atoms with Crippen LogP contribution >= 0.6 is 0 Å². The minimum absolute atomic E-state index is 0.0151. The van der Waals surface area contributed by atoms with Crippen LogP contribution in [0.3, 0.4) is 0 Å². The Morgan fingerprint density at radius 2 is 1.77 bits per heavy atom. The van der Waals surface area contributed by atoms with Crippen LogP contribution in [-0.2, 0) is 9.59 Å². The van der Waals surface area contributed by atoms with E-state index in [2.05, 4.69) is 13.8 Å². The fourth-order valence-electron chi connectivity index (χ4n) is 4.45. The van der Waals surface area contributed by atoms with Crippen LogP contribution in [0.2, 0.25) is 0 Å². The average molecular weight is 483 g/mol. The summed E-state index contributed by atoms with van der Waals surface area (Å²) in [6.45, 7) is 12.9. The predicted molar refractivity (Wildman–Crippen MR) is 131 cm³/mol. The van der Waals surface area contributed by atoms with Crippen LogP contribution < -0.4 is 14.7 Å². The van der Waals surface area contributed by atoms with Crippen molar-refractivity contribution in [1.29, 1.82) is 0 Å². The highest BCUT2D eigenvalue weighted by atomic mass is 19.1. The summed E-state index contributed by atoms with van der Waals surface area (Å²) in [6, 6.07) is 10.5. The Kier molecular flexibility index (Phi) is 8.67. The number of benzene rings is 2. The number of hydrogen-bond acceptors (Lipinski definition) is 4. The van der Waals surface area contributed by atoms with E-state index in [9.17, 15) is 19.1 Å². The van der Waals surface area contributed by atoms with Gasteiger partial charge in [-0.2, -0.15) is 0 Å². The van der Waals surface area contributed by atoms with Crippen LogP contribution in [0.4, 0.5) is 4.39 Å². The topological polar surface area (TPSA) is 74.1 Å². The largest absolute Gasteiger partial charge is 0.872 e. The molecule has 2 aromatic rings. The number of ketones is 1. The van der Waals surface area contributed by atoms with Gasteiger partial charge in [0.05, 0.1) is 31.8 Å². The highest BCUT2D eigenvalue weighted by molar-refractivity contribution is 6.46. The zero-order chi connectivity index (χ0) is 25.7. The van der Waals surface area contributed by atoms with Gasteiger partial charge in [0.1, 0.15) is 0 Å². The summed E-state index contributed by atoms with van der Waals surface area (Å²) in [5.41, 5.74) is 1.60. The van der Waals surface area contributed by atoms with Crippen molar-refractivity contribution >= 4 is 17.4 Å². The Bertz CT molecular complexity index is 1090. The number of hydrogen-bond donors (Lipinski definition) is 1. The average Bonchev–Trinajstić information content (AvgIpc) is 3.08. The zero-order valence-corrected chi connectivity index (χ0v) is 21.2. The van der Waals surface area contributed by atoms with E-state index >= 15 is 0 Å². The molecule has 0 aliphatic carbocycles. The van der Waals surface area contributed by atoms with Gasteiger partial charge in [-0.3, -0.25) is 9.59 Å². The van der Waals surface area contributed by atoms with Gasteiger partial charge in [-0.1, -0.05) is 41.7 Å². The van der Waals surface area contributed by atoms with Crippen molar-refractivity contribution in [3.05, 3.63) is 70.5 Å². The maximum atomic E-state index is 14.6. The molecule has 0 bridgehead atoms. The first-order chi connectivity index (χ1) is 16.7. The number of ether oxygens (including phenoxy) is 1. The third-order valence-electron chi connectivity index (χ3n) is 6.41.